The van der Waals surface area contributed by atoms with Gasteiger partial charge in [-0.25, -0.2) is 4.79 Å². The molecular formula is C22H21N5O5. The molecule has 4 N–H and O–H groups in total. The summed E-state index contributed by atoms with van der Waals surface area (Å²) in [5, 5.41) is 19.8. The number of aliphatic carboxylic acids is 1. The molecule has 0 saturated carbocycles. The molecule has 0 aliphatic heterocycles. The summed E-state index contributed by atoms with van der Waals surface area (Å²) in [7, 11) is 0. The van der Waals surface area contributed by atoms with Gasteiger partial charge in [-0.05, 0) is 29.2 Å². The lowest BCUT2D eigenvalue weighted by molar-refractivity contribution is -0.137. The number of H-pyrrole nitrogens is 1. The lowest BCUT2D eigenvalue weighted by atomic mass is 9.98. The molecule has 10 nitrogen and oxygen atoms in total. The topological polar surface area (TPSA) is 146 Å². The highest BCUT2D eigenvalue weighted by Crippen LogP contribution is 2.44. The SMILES string of the molecule is C[C@@H](CC(=O)O)NC(=O)c1nc(NC(=O)OCC2c3ccccc3-c3ccccc32)n[nH]1. The molecule has 0 radical (unpaired) electrons. The van der Waals surface area contributed by atoms with Crippen molar-refractivity contribution >= 4 is 23.9 Å². The second-order valence-electron chi connectivity index (χ2n) is 7.43. The Morgan fingerprint density at radius 2 is 1.72 bits per heavy atom. The van der Waals surface area contributed by atoms with Crippen molar-refractivity contribution in [3.05, 3.63) is 65.5 Å². The zero-order chi connectivity index (χ0) is 22.7. The number of anilines is 1. The van der Waals surface area contributed by atoms with Crippen molar-refractivity contribution in [1.82, 2.24) is 20.5 Å². The largest absolute Gasteiger partial charge is 0.481 e. The summed E-state index contributed by atoms with van der Waals surface area (Å²) in [4.78, 5) is 39.0. The Kier molecular flexibility index (Phi) is 5.84. The van der Waals surface area contributed by atoms with Gasteiger partial charge in [0, 0.05) is 12.0 Å². The lowest BCUT2D eigenvalue weighted by Crippen LogP contribution is -2.34. The summed E-state index contributed by atoms with van der Waals surface area (Å²) in [5.41, 5.74) is 4.43. The summed E-state index contributed by atoms with van der Waals surface area (Å²) in [6.45, 7) is 1.68. The zero-order valence-corrected chi connectivity index (χ0v) is 17.2. The first-order valence-corrected chi connectivity index (χ1v) is 9.99. The van der Waals surface area contributed by atoms with Crippen LogP contribution in [-0.4, -0.2) is 50.9 Å². The number of aromatic amines is 1. The Balaban J connectivity index is 1.35. The highest BCUT2D eigenvalue weighted by molar-refractivity contribution is 5.91. The van der Waals surface area contributed by atoms with Gasteiger partial charge in [0.05, 0.1) is 6.42 Å². The second kappa shape index (κ2) is 8.88. The van der Waals surface area contributed by atoms with Crippen LogP contribution >= 0.6 is 0 Å². The van der Waals surface area contributed by atoms with Gasteiger partial charge in [0.25, 0.3) is 11.9 Å². The lowest BCUT2D eigenvalue weighted by Gasteiger charge is -2.13. The van der Waals surface area contributed by atoms with Gasteiger partial charge < -0.3 is 15.2 Å². The molecule has 0 unspecified atom stereocenters. The van der Waals surface area contributed by atoms with Gasteiger partial charge in [-0.2, -0.15) is 4.98 Å². The number of carboxylic acid groups (broad SMARTS) is 1. The van der Waals surface area contributed by atoms with E-state index in [0.717, 1.165) is 22.3 Å². The zero-order valence-electron chi connectivity index (χ0n) is 17.2. The number of carboxylic acids is 1. The van der Waals surface area contributed by atoms with Gasteiger partial charge in [-0.15, -0.1) is 5.10 Å². The predicted octanol–water partition coefficient (Wildman–Crippen LogP) is 2.76. The van der Waals surface area contributed by atoms with Crippen molar-refractivity contribution in [1.29, 1.82) is 0 Å². The van der Waals surface area contributed by atoms with Crippen LogP contribution in [0.25, 0.3) is 11.1 Å². The fraction of sp³-hybridized carbons (Fsp3) is 0.227. The third-order valence-corrected chi connectivity index (χ3v) is 5.12. The number of nitrogens with one attached hydrogen (secondary N) is 3. The summed E-state index contributed by atoms with van der Waals surface area (Å²) in [6, 6.07) is 15.4. The summed E-state index contributed by atoms with van der Waals surface area (Å²) < 4.78 is 5.41. The number of carbonyl (C=O) groups is 3. The van der Waals surface area contributed by atoms with Crippen molar-refractivity contribution in [2.24, 2.45) is 0 Å². The molecule has 1 atom stereocenters. The molecule has 1 aromatic heterocycles. The second-order valence-corrected chi connectivity index (χ2v) is 7.43. The van der Waals surface area contributed by atoms with E-state index >= 15 is 0 Å². The first-order valence-electron chi connectivity index (χ1n) is 9.99. The van der Waals surface area contributed by atoms with Crippen LogP contribution in [0.3, 0.4) is 0 Å². The quantitative estimate of drug-likeness (QED) is 0.446. The minimum absolute atomic E-state index is 0.0858. The average molecular weight is 435 g/mol. The monoisotopic (exact) mass is 435 g/mol. The summed E-state index contributed by atoms with van der Waals surface area (Å²) in [6.07, 6.45) is -0.984. The maximum absolute atomic E-state index is 12.3. The maximum Gasteiger partial charge on any atom is 0.414 e. The predicted molar refractivity (Wildman–Crippen MR) is 114 cm³/mol. The van der Waals surface area contributed by atoms with Crippen LogP contribution in [0.4, 0.5) is 10.7 Å². The van der Waals surface area contributed by atoms with Crippen molar-refractivity contribution in [2.75, 3.05) is 11.9 Å². The first kappa shape index (κ1) is 21.0. The number of hydrogen-bond acceptors (Lipinski definition) is 6. The third-order valence-electron chi connectivity index (χ3n) is 5.12. The number of ether oxygens (including phenoxy) is 1. The van der Waals surface area contributed by atoms with Crippen LogP contribution < -0.4 is 10.6 Å². The highest BCUT2D eigenvalue weighted by Gasteiger charge is 2.29. The van der Waals surface area contributed by atoms with E-state index in [2.05, 4.69) is 25.8 Å². The van der Waals surface area contributed by atoms with Gasteiger partial charge in [-0.1, -0.05) is 48.5 Å². The smallest absolute Gasteiger partial charge is 0.414 e. The number of amides is 2. The number of carbonyl (C=O) groups excluding carboxylic acids is 2. The van der Waals surface area contributed by atoms with Crippen LogP contribution in [-0.2, 0) is 9.53 Å². The number of rotatable bonds is 7. The molecule has 4 rings (SSSR count). The molecule has 0 bridgehead atoms. The summed E-state index contributed by atoms with van der Waals surface area (Å²) >= 11 is 0. The molecule has 2 aromatic carbocycles. The molecule has 0 spiro atoms. The normalized spacial score (nSPS) is 13.0. The van der Waals surface area contributed by atoms with E-state index in [4.69, 9.17) is 9.84 Å². The molecule has 1 aliphatic rings. The molecule has 32 heavy (non-hydrogen) atoms. The molecule has 0 fully saturated rings. The van der Waals surface area contributed by atoms with Gasteiger partial charge in [0.15, 0.2) is 0 Å². The average Bonchev–Trinajstić information content (AvgIpc) is 3.34. The first-order chi connectivity index (χ1) is 15.4. The van der Waals surface area contributed by atoms with E-state index in [1.165, 1.54) is 0 Å². The Labute approximate surface area is 183 Å². The van der Waals surface area contributed by atoms with Crippen LogP contribution in [0, 0.1) is 0 Å². The summed E-state index contributed by atoms with van der Waals surface area (Å²) in [5.74, 6) is -2.04. The van der Waals surface area contributed by atoms with Gasteiger partial charge >= 0.3 is 12.1 Å². The van der Waals surface area contributed by atoms with Gasteiger partial charge in [0.2, 0.25) is 5.82 Å². The molecule has 0 saturated heterocycles. The van der Waals surface area contributed by atoms with Crippen molar-refractivity contribution in [3.8, 4) is 11.1 Å². The van der Waals surface area contributed by atoms with E-state index < -0.39 is 24.0 Å². The minimum atomic E-state index is -1.03. The molecule has 2 amide bonds. The van der Waals surface area contributed by atoms with Crippen LogP contribution in [0.2, 0.25) is 0 Å². The Morgan fingerprint density at radius 1 is 1.09 bits per heavy atom. The van der Waals surface area contributed by atoms with Gasteiger partial charge in [-0.3, -0.25) is 20.0 Å². The number of nitrogens with zero attached hydrogens (tertiary/aromatic N) is 2. The van der Waals surface area contributed by atoms with Crippen LogP contribution in [0.15, 0.2) is 48.5 Å². The standard InChI is InChI=1S/C22H21N5O5/c1-12(10-18(28)29)23-20(30)19-24-21(27-26-19)25-22(31)32-11-17-15-8-4-2-6-13(15)14-7-3-5-9-16(14)17/h2-9,12,17H,10-11H2,1H3,(H,23,30)(H,28,29)(H2,24,25,26,27,31)/t12-/m0/s1. The van der Waals surface area contributed by atoms with E-state index in [1.54, 1.807) is 6.92 Å². The maximum atomic E-state index is 12.3. The Bertz CT molecular complexity index is 1130. The Morgan fingerprint density at radius 3 is 2.34 bits per heavy atom. The van der Waals surface area contributed by atoms with Crippen molar-refractivity contribution < 1.29 is 24.2 Å². The molecule has 164 valence electrons. The number of hydrogen-bond donors (Lipinski definition) is 4. The Hall–Kier alpha value is -4.21. The van der Waals surface area contributed by atoms with Crippen molar-refractivity contribution in [2.45, 2.75) is 25.3 Å². The van der Waals surface area contributed by atoms with Crippen LogP contribution in [0.1, 0.15) is 41.0 Å². The fourth-order valence-electron chi connectivity index (χ4n) is 3.75. The van der Waals surface area contributed by atoms with Crippen molar-refractivity contribution in [3.63, 3.8) is 0 Å². The molecule has 1 aliphatic carbocycles. The van der Waals surface area contributed by atoms with E-state index in [1.807, 2.05) is 48.5 Å². The minimum Gasteiger partial charge on any atom is -0.481 e. The third kappa shape index (κ3) is 4.43. The van der Waals surface area contributed by atoms with E-state index in [9.17, 15) is 14.4 Å². The van der Waals surface area contributed by atoms with E-state index in [-0.39, 0.29) is 30.7 Å². The van der Waals surface area contributed by atoms with Gasteiger partial charge in [0.1, 0.15) is 6.61 Å². The number of aromatic nitrogens is 3. The van der Waals surface area contributed by atoms with Crippen LogP contribution in [0.5, 0.6) is 0 Å². The molecule has 3 aromatic rings. The number of benzene rings is 2. The highest BCUT2D eigenvalue weighted by atomic mass is 16.5. The van der Waals surface area contributed by atoms with E-state index in [0.29, 0.717) is 0 Å². The molecule has 1 heterocycles. The number of fused-ring (bicyclic) bond motifs is 3. The fourth-order valence-corrected chi connectivity index (χ4v) is 3.75. The molecular weight excluding hydrogens is 414 g/mol. The molecule has 10 heteroatoms.